The molecule has 0 spiro atoms. The largest absolute Gasteiger partial charge is 0.395 e. The van der Waals surface area contributed by atoms with Crippen molar-refractivity contribution in [2.24, 2.45) is 0 Å². The summed E-state index contributed by atoms with van der Waals surface area (Å²) in [7, 11) is -2.95. The van der Waals surface area contributed by atoms with Gasteiger partial charge in [0, 0.05) is 18.8 Å². The first-order valence-corrected chi connectivity index (χ1v) is 5.86. The van der Waals surface area contributed by atoms with Crippen LogP contribution in [0.5, 0.6) is 0 Å². The number of rotatable bonds is 5. The molecular weight excluding hydrogens is 178 g/mol. The van der Waals surface area contributed by atoms with Crippen LogP contribution in [-0.2, 0) is 9.84 Å². The Bertz CT molecular complexity index is 213. The number of aliphatic hydroxyl groups excluding tert-OH is 1. The summed E-state index contributed by atoms with van der Waals surface area (Å²) in [4.78, 5) is 0. The molecule has 0 saturated carbocycles. The molecule has 0 aliphatic rings. The molecule has 74 valence electrons. The molecule has 0 rings (SSSR count). The van der Waals surface area contributed by atoms with E-state index < -0.39 is 15.1 Å². The molecule has 0 heterocycles. The van der Waals surface area contributed by atoms with E-state index in [4.69, 9.17) is 5.11 Å². The Balaban J connectivity index is 3.80. The summed E-state index contributed by atoms with van der Waals surface area (Å²) < 4.78 is 21.9. The highest BCUT2D eigenvalue weighted by atomic mass is 32.2. The molecule has 0 aliphatic carbocycles. The van der Waals surface area contributed by atoms with Gasteiger partial charge in [-0.05, 0) is 13.8 Å². The molecule has 0 aromatic heterocycles. The summed E-state index contributed by atoms with van der Waals surface area (Å²) >= 11 is 0. The van der Waals surface area contributed by atoms with Crippen molar-refractivity contribution >= 4 is 9.84 Å². The van der Waals surface area contributed by atoms with Gasteiger partial charge in [0.2, 0.25) is 0 Å². The van der Waals surface area contributed by atoms with Crippen LogP contribution in [0.3, 0.4) is 0 Å². The van der Waals surface area contributed by atoms with Crippen LogP contribution in [0.1, 0.15) is 13.8 Å². The van der Waals surface area contributed by atoms with Gasteiger partial charge in [0.05, 0.1) is 11.9 Å². The van der Waals surface area contributed by atoms with Crippen LogP contribution in [-0.4, -0.2) is 44.2 Å². The molecule has 2 N–H and O–H groups in total. The maximum Gasteiger partial charge on any atom is 0.151 e. The predicted octanol–water partition coefficient (Wildman–Crippen LogP) is -0.610. The van der Waals surface area contributed by atoms with E-state index in [1.165, 1.54) is 6.26 Å². The summed E-state index contributed by atoms with van der Waals surface area (Å²) in [5, 5.41) is 11.2. The summed E-state index contributed by atoms with van der Waals surface area (Å²) in [5.74, 6) is 0. The average molecular weight is 195 g/mol. The maximum atomic E-state index is 10.9. The van der Waals surface area contributed by atoms with E-state index in [2.05, 4.69) is 5.32 Å². The Morgan fingerprint density at radius 2 is 1.92 bits per heavy atom. The summed E-state index contributed by atoms with van der Waals surface area (Å²) in [6.07, 6.45) is 1.21. The van der Waals surface area contributed by atoms with Gasteiger partial charge in [-0.15, -0.1) is 0 Å². The monoisotopic (exact) mass is 195 g/mol. The van der Waals surface area contributed by atoms with Gasteiger partial charge in [0.15, 0.2) is 9.84 Å². The standard InChI is InChI=1S/C7H17NO3S/c1-6(5-9)8-4-7(2)12(3,10)11/h6-9H,4-5H2,1-3H3. The first kappa shape index (κ1) is 11.9. The van der Waals surface area contributed by atoms with Gasteiger partial charge in [-0.2, -0.15) is 0 Å². The molecule has 0 saturated heterocycles. The van der Waals surface area contributed by atoms with Gasteiger partial charge in [-0.25, -0.2) is 8.42 Å². The van der Waals surface area contributed by atoms with Crippen molar-refractivity contribution in [2.75, 3.05) is 19.4 Å². The fraction of sp³-hybridized carbons (Fsp3) is 1.00. The molecule has 2 atom stereocenters. The van der Waals surface area contributed by atoms with Crippen molar-refractivity contribution in [3.8, 4) is 0 Å². The third-order valence-corrected chi connectivity index (χ3v) is 3.39. The molecule has 0 aliphatic heterocycles. The molecule has 0 radical (unpaired) electrons. The zero-order valence-electron chi connectivity index (χ0n) is 7.74. The van der Waals surface area contributed by atoms with Crippen LogP contribution in [0.2, 0.25) is 0 Å². The second-order valence-electron chi connectivity index (χ2n) is 3.13. The first-order valence-electron chi connectivity index (χ1n) is 3.91. The fourth-order valence-corrected chi connectivity index (χ4v) is 0.982. The van der Waals surface area contributed by atoms with Gasteiger partial charge >= 0.3 is 0 Å². The molecule has 4 nitrogen and oxygen atoms in total. The minimum absolute atomic E-state index is 0.0243. The summed E-state index contributed by atoms with van der Waals surface area (Å²) in [6.45, 7) is 3.86. The lowest BCUT2D eigenvalue weighted by Crippen LogP contribution is -2.37. The van der Waals surface area contributed by atoms with Crippen molar-refractivity contribution in [1.29, 1.82) is 0 Å². The Morgan fingerprint density at radius 3 is 2.25 bits per heavy atom. The number of hydrogen-bond acceptors (Lipinski definition) is 4. The minimum Gasteiger partial charge on any atom is -0.395 e. The molecule has 0 aromatic rings. The summed E-state index contributed by atoms with van der Waals surface area (Å²) in [5.41, 5.74) is 0. The van der Waals surface area contributed by atoms with Gasteiger partial charge in [0.25, 0.3) is 0 Å². The zero-order valence-corrected chi connectivity index (χ0v) is 8.56. The Morgan fingerprint density at radius 1 is 1.42 bits per heavy atom. The van der Waals surface area contributed by atoms with Crippen LogP contribution in [0.4, 0.5) is 0 Å². The third kappa shape index (κ3) is 4.69. The van der Waals surface area contributed by atoms with Crippen LogP contribution in [0, 0.1) is 0 Å². The van der Waals surface area contributed by atoms with Crippen LogP contribution < -0.4 is 5.32 Å². The minimum atomic E-state index is -2.95. The number of aliphatic hydroxyl groups is 1. The van der Waals surface area contributed by atoms with Crippen LogP contribution >= 0.6 is 0 Å². The molecule has 0 fully saturated rings. The van der Waals surface area contributed by atoms with Crippen molar-refractivity contribution in [3.05, 3.63) is 0 Å². The van der Waals surface area contributed by atoms with Gasteiger partial charge in [-0.3, -0.25) is 0 Å². The van der Waals surface area contributed by atoms with E-state index in [1.54, 1.807) is 13.8 Å². The van der Waals surface area contributed by atoms with E-state index in [0.29, 0.717) is 6.54 Å². The topological polar surface area (TPSA) is 66.4 Å². The van der Waals surface area contributed by atoms with Gasteiger partial charge in [-0.1, -0.05) is 0 Å². The lowest BCUT2D eigenvalue weighted by molar-refractivity contribution is 0.252. The smallest absolute Gasteiger partial charge is 0.151 e. The van der Waals surface area contributed by atoms with E-state index in [-0.39, 0.29) is 12.6 Å². The number of nitrogens with one attached hydrogen (secondary N) is 1. The van der Waals surface area contributed by atoms with Crippen molar-refractivity contribution in [3.63, 3.8) is 0 Å². The van der Waals surface area contributed by atoms with Crippen molar-refractivity contribution in [1.82, 2.24) is 5.32 Å². The van der Waals surface area contributed by atoms with Crippen molar-refractivity contribution in [2.45, 2.75) is 25.1 Å². The lowest BCUT2D eigenvalue weighted by Gasteiger charge is -2.14. The highest BCUT2D eigenvalue weighted by molar-refractivity contribution is 7.91. The van der Waals surface area contributed by atoms with E-state index in [0.717, 1.165) is 0 Å². The SMILES string of the molecule is CC(CO)NCC(C)S(C)(=O)=O. The van der Waals surface area contributed by atoms with Crippen LogP contribution in [0.15, 0.2) is 0 Å². The normalized spacial score (nSPS) is 17.3. The number of sulfone groups is 1. The van der Waals surface area contributed by atoms with E-state index in [1.807, 2.05) is 0 Å². The third-order valence-electron chi connectivity index (χ3n) is 1.76. The zero-order chi connectivity index (χ0) is 9.78. The lowest BCUT2D eigenvalue weighted by atomic mass is 10.3. The molecule has 0 amide bonds. The average Bonchev–Trinajstić information content (AvgIpc) is 1.97. The van der Waals surface area contributed by atoms with E-state index >= 15 is 0 Å². The molecule has 0 bridgehead atoms. The molecule has 12 heavy (non-hydrogen) atoms. The fourth-order valence-electron chi connectivity index (χ4n) is 0.583. The highest BCUT2D eigenvalue weighted by Gasteiger charge is 2.14. The number of hydrogen-bond donors (Lipinski definition) is 2. The maximum absolute atomic E-state index is 10.9. The second kappa shape index (κ2) is 4.79. The molecular formula is C7H17NO3S. The Kier molecular flexibility index (Phi) is 4.74. The van der Waals surface area contributed by atoms with Crippen LogP contribution in [0.25, 0.3) is 0 Å². The second-order valence-corrected chi connectivity index (χ2v) is 5.60. The summed E-state index contributed by atoms with van der Waals surface area (Å²) in [6, 6.07) is -0.0470. The van der Waals surface area contributed by atoms with Crippen molar-refractivity contribution < 1.29 is 13.5 Å². The predicted molar refractivity (Wildman–Crippen MR) is 48.9 cm³/mol. The van der Waals surface area contributed by atoms with E-state index in [9.17, 15) is 8.42 Å². The molecule has 2 unspecified atom stereocenters. The Hall–Kier alpha value is -0.130. The Labute approximate surface area is 73.9 Å². The first-order chi connectivity index (χ1) is 5.38. The highest BCUT2D eigenvalue weighted by Crippen LogP contribution is 1.95. The quantitative estimate of drug-likeness (QED) is 0.614. The van der Waals surface area contributed by atoms with Gasteiger partial charge in [0.1, 0.15) is 0 Å². The molecule has 0 aromatic carbocycles. The molecule has 5 heteroatoms. The van der Waals surface area contributed by atoms with Gasteiger partial charge < -0.3 is 10.4 Å².